The van der Waals surface area contributed by atoms with Crippen molar-refractivity contribution in [3.63, 3.8) is 0 Å². The summed E-state index contributed by atoms with van der Waals surface area (Å²) in [6.45, 7) is 2.13. The van der Waals surface area contributed by atoms with Gasteiger partial charge in [-0.2, -0.15) is 0 Å². The molecule has 0 saturated carbocycles. The van der Waals surface area contributed by atoms with E-state index in [9.17, 15) is 14.4 Å². The molecule has 136 valence electrons. The number of anilines is 1. The summed E-state index contributed by atoms with van der Waals surface area (Å²) < 4.78 is 5.06. The Balaban J connectivity index is 1.88. The van der Waals surface area contributed by atoms with E-state index in [-0.39, 0.29) is 17.7 Å². The highest BCUT2D eigenvalue weighted by molar-refractivity contribution is 6.04. The topological polar surface area (TPSA) is 96.5 Å². The maximum atomic E-state index is 12.2. The second-order valence-electron chi connectivity index (χ2n) is 5.50. The number of carbonyl (C=O) groups is 3. The van der Waals surface area contributed by atoms with Crippen molar-refractivity contribution in [3.05, 3.63) is 59.7 Å². The molecule has 0 aromatic heterocycles. The van der Waals surface area contributed by atoms with E-state index < -0.39 is 0 Å². The molecule has 7 nitrogen and oxygen atoms in total. The monoisotopic (exact) mass is 355 g/mol. The molecule has 3 amide bonds. The molecule has 0 aliphatic carbocycles. The van der Waals surface area contributed by atoms with Crippen LogP contribution in [0.3, 0.4) is 0 Å². The summed E-state index contributed by atoms with van der Waals surface area (Å²) in [5.41, 5.74) is 1.56. The Morgan fingerprint density at radius 3 is 1.92 bits per heavy atom. The number of hydrogen-bond acceptors (Lipinski definition) is 4. The van der Waals surface area contributed by atoms with Crippen LogP contribution in [-0.4, -0.2) is 37.9 Å². The van der Waals surface area contributed by atoms with Crippen LogP contribution >= 0.6 is 0 Å². The van der Waals surface area contributed by atoms with Crippen molar-refractivity contribution in [1.29, 1.82) is 0 Å². The van der Waals surface area contributed by atoms with Crippen LogP contribution in [0.4, 0.5) is 5.69 Å². The molecule has 2 rings (SSSR count). The van der Waals surface area contributed by atoms with Crippen molar-refractivity contribution in [1.82, 2.24) is 10.6 Å². The predicted molar refractivity (Wildman–Crippen MR) is 98.4 cm³/mol. The third kappa shape index (κ3) is 5.62. The van der Waals surface area contributed by atoms with Gasteiger partial charge in [0.1, 0.15) is 5.75 Å². The average Bonchev–Trinajstić information content (AvgIpc) is 2.65. The molecule has 0 spiro atoms. The predicted octanol–water partition coefficient (Wildman–Crippen LogP) is 1.81. The third-order valence-electron chi connectivity index (χ3n) is 3.54. The number of amides is 3. The fourth-order valence-corrected chi connectivity index (χ4v) is 2.17. The molecule has 0 aliphatic heterocycles. The van der Waals surface area contributed by atoms with E-state index in [1.54, 1.807) is 55.6 Å². The zero-order valence-electron chi connectivity index (χ0n) is 14.7. The highest BCUT2D eigenvalue weighted by atomic mass is 16.5. The van der Waals surface area contributed by atoms with Gasteiger partial charge in [0.2, 0.25) is 5.91 Å². The molecule has 7 heteroatoms. The Morgan fingerprint density at radius 1 is 0.808 bits per heavy atom. The molecule has 2 aromatic rings. The number of methoxy groups -OCH3 is 1. The first-order valence-electron chi connectivity index (χ1n) is 8.07. The zero-order chi connectivity index (χ0) is 18.9. The van der Waals surface area contributed by atoms with Crippen LogP contribution in [0.1, 0.15) is 27.6 Å². The molecule has 3 N–H and O–H groups in total. The average molecular weight is 355 g/mol. The SMILES string of the molecule is COc1ccc(C(=O)Nc2ccc(C(=O)NCCNC(C)=O)cc2)cc1. The molecule has 0 unspecified atom stereocenters. The minimum Gasteiger partial charge on any atom is -0.497 e. The Labute approximate surface area is 151 Å². The molecule has 2 aromatic carbocycles. The minimum atomic E-state index is -0.250. The van der Waals surface area contributed by atoms with Crippen molar-refractivity contribution >= 4 is 23.4 Å². The van der Waals surface area contributed by atoms with Crippen LogP contribution in [0.2, 0.25) is 0 Å². The summed E-state index contributed by atoms with van der Waals surface area (Å²) in [5.74, 6) is 0.0372. The normalized spacial score (nSPS) is 9.92. The van der Waals surface area contributed by atoms with E-state index in [0.717, 1.165) is 0 Å². The second-order valence-corrected chi connectivity index (χ2v) is 5.50. The number of ether oxygens (including phenoxy) is 1. The highest BCUT2D eigenvalue weighted by Crippen LogP contribution is 2.14. The summed E-state index contributed by atoms with van der Waals surface area (Å²) in [6.07, 6.45) is 0. The van der Waals surface area contributed by atoms with Crippen molar-refractivity contribution in [2.75, 3.05) is 25.5 Å². The van der Waals surface area contributed by atoms with Crippen molar-refractivity contribution < 1.29 is 19.1 Å². The van der Waals surface area contributed by atoms with E-state index >= 15 is 0 Å². The molecule has 0 aliphatic rings. The van der Waals surface area contributed by atoms with E-state index in [1.807, 2.05) is 0 Å². The van der Waals surface area contributed by atoms with Gasteiger partial charge in [-0.05, 0) is 48.5 Å². The maximum Gasteiger partial charge on any atom is 0.255 e. The highest BCUT2D eigenvalue weighted by Gasteiger charge is 2.08. The number of rotatable bonds is 7. The lowest BCUT2D eigenvalue weighted by Crippen LogP contribution is -2.33. The molecular weight excluding hydrogens is 334 g/mol. The molecule has 0 saturated heterocycles. The van der Waals surface area contributed by atoms with Gasteiger partial charge in [0.25, 0.3) is 11.8 Å². The lowest BCUT2D eigenvalue weighted by atomic mass is 10.1. The van der Waals surface area contributed by atoms with Crippen LogP contribution in [0.25, 0.3) is 0 Å². The zero-order valence-corrected chi connectivity index (χ0v) is 14.7. The van der Waals surface area contributed by atoms with Crippen LogP contribution < -0.4 is 20.7 Å². The van der Waals surface area contributed by atoms with E-state index in [1.165, 1.54) is 6.92 Å². The molecule has 0 bridgehead atoms. The number of benzene rings is 2. The van der Waals surface area contributed by atoms with Gasteiger partial charge in [-0.15, -0.1) is 0 Å². The Bertz CT molecular complexity index is 770. The van der Waals surface area contributed by atoms with E-state index in [4.69, 9.17) is 4.74 Å². The Hall–Kier alpha value is -3.35. The van der Waals surface area contributed by atoms with Crippen LogP contribution in [0, 0.1) is 0 Å². The van der Waals surface area contributed by atoms with Gasteiger partial charge in [-0.25, -0.2) is 0 Å². The first kappa shape index (κ1) is 19.0. The molecule has 0 radical (unpaired) electrons. The summed E-state index contributed by atoms with van der Waals surface area (Å²) >= 11 is 0. The van der Waals surface area contributed by atoms with Gasteiger partial charge >= 0.3 is 0 Å². The maximum absolute atomic E-state index is 12.2. The van der Waals surface area contributed by atoms with Gasteiger partial charge in [0, 0.05) is 36.8 Å². The summed E-state index contributed by atoms with van der Waals surface area (Å²) in [7, 11) is 1.56. The number of carbonyl (C=O) groups excluding carboxylic acids is 3. The van der Waals surface area contributed by atoms with Gasteiger partial charge < -0.3 is 20.7 Å². The Morgan fingerprint density at radius 2 is 1.35 bits per heavy atom. The van der Waals surface area contributed by atoms with Crippen molar-refractivity contribution in [3.8, 4) is 5.75 Å². The number of hydrogen-bond donors (Lipinski definition) is 3. The first-order valence-corrected chi connectivity index (χ1v) is 8.07. The molecule has 0 fully saturated rings. The van der Waals surface area contributed by atoms with Gasteiger partial charge in [-0.3, -0.25) is 14.4 Å². The van der Waals surface area contributed by atoms with Gasteiger partial charge in [0.05, 0.1) is 7.11 Å². The molecule has 0 heterocycles. The van der Waals surface area contributed by atoms with E-state index in [0.29, 0.717) is 35.7 Å². The van der Waals surface area contributed by atoms with Gasteiger partial charge in [-0.1, -0.05) is 0 Å². The summed E-state index contributed by atoms with van der Waals surface area (Å²) in [5, 5.41) is 8.06. The van der Waals surface area contributed by atoms with E-state index in [2.05, 4.69) is 16.0 Å². The number of nitrogens with one attached hydrogen (secondary N) is 3. The Kier molecular flexibility index (Phi) is 6.73. The smallest absolute Gasteiger partial charge is 0.255 e. The quantitative estimate of drug-likeness (QED) is 0.660. The van der Waals surface area contributed by atoms with Crippen molar-refractivity contribution in [2.45, 2.75) is 6.92 Å². The molecule has 0 atom stereocenters. The fraction of sp³-hybridized carbons (Fsp3) is 0.211. The fourth-order valence-electron chi connectivity index (χ4n) is 2.17. The summed E-state index contributed by atoms with van der Waals surface area (Å²) in [4.78, 5) is 34.9. The second kappa shape index (κ2) is 9.22. The van der Waals surface area contributed by atoms with Crippen LogP contribution in [0.5, 0.6) is 5.75 Å². The standard InChI is InChI=1S/C19H21N3O4/c1-13(23)20-11-12-21-18(24)14-3-7-16(8-4-14)22-19(25)15-5-9-17(26-2)10-6-15/h3-10H,11-12H2,1-2H3,(H,20,23)(H,21,24)(H,22,25). The largest absolute Gasteiger partial charge is 0.497 e. The molecular formula is C19H21N3O4. The van der Waals surface area contributed by atoms with Crippen molar-refractivity contribution in [2.24, 2.45) is 0 Å². The van der Waals surface area contributed by atoms with Gasteiger partial charge in [0.15, 0.2) is 0 Å². The third-order valence-corrected chi connectivity index (χ3v) is 3.54. The summed E-state index contributed by atoms with van der Waals surface area (Å²) in [6, 6.07) is 13.3. The van der Waals surface area contributed by atoms with Crippen LogP contribution in [-0.2, 0) is 4.79 Å². The molecule has 26 heavy (non-hydrogen) atoms. The van der Waals surface area contributed by atoms with Crippen LogP contribution in [0.15, 0.2) is 48.5 Å². The minimum absolute atomic E-state index is 0.142. The lowest BCUT2D eigenvalue weighted by Gasteiger charge is -2.08. The lowest BCUT2D eigenvalue weighted by molar-refractivity contribution is -0.118. The first-order chi connectivity index (χ1) is 12.5.